The molecule has 0 spiro atoms. The number of amides is 3. The molecule has 3 aromatic rings. The van der Waals surface area contributed by atoms with Crippen LogP contribution in [0.15, 0.2) is 42.6 Å². The quantitative estimate of drug-likeness (QED) is 0.186. The van der Waals surface area contributed by atoms with Gasteiger partial charge in [-0.05, 0) is 120 Å². The molecule has 6 bridgehead atoms. The first-order valence-electron chi connectivity index (χ1n) is 24.5. The first kappa shape index (κ1) is 50.8. The molecule has 2 N–H and O–H groups in total. The molecule has 15 heteroatoms. The Labute approximate surface area is 403 Å². The maximum absolute atomic E-state index is 14.7. The molecule has 5 atom stereocenters. The fraction of sp³-hybridized carbons (Fsp3) is 0.604. The van der Waals surface area contributed by atoms with Gasteiger partial charge in [0.25, 0.3) is 11.8 Å². The highest BCUT2D eigenvalue weighted by molar-refractivity contribution is 5.95. The van der Waals surface area contributed by atoms with Crippen molar-refractivity contribution >= 4 is 40.2 Å². The third-order valence-corrected chi connectivity index (χ3v) is 14.4. The number of carbonyl (C=O) groups is 4. The van der Waals surface area contributed by atoms with Crippen LogP contribution in [0.25, 0.3) is 27.7 Å². The largest absolute Gasteiger partial charge is 0.464 e. The van der Waals surface area contributed by atoms with Gasteiger partial charge in [0, 0.05) is 81.0 Å². The van der Waals surface area contributed by atoms with E-state index in [4.69, 9.17) is 19.2 Å². The van der Waals surface area contributed by atoms with Crippen molar-refractivity contribution in [2.24, 2.45) is 17.3 Å². The van der Waals surface area contributed by atoms with Crippen molar-refractivity contribution in [2.45, 2.75) is 117 Å². The van der Waals surface area contributed by atoms with E-state index in [1.165, 1.54) is 5.01 Å². The number of benzene rings is 1. The Hall–Kier alpha value is -5.11. The predicted octanol–water partition coefficient (Wildman–Crippen LogP) is 5.47. The van der Waals surface area contributed by atoms with Gasteiger partial charge in [-0.25, -0.2) is 5.43 Å². The van der Waals surface area contributed by atoms with Crippen LogP contribution in [0.4, 0.5) is 0 Å². The van der Waals surface area contributed by atoms with E-state index in [-0.39, 0.29) is 55.6 Å². The normalized spacial score (nSPS) is 22.4. The summed E-state index contributed by atoms with van der Waals surface area (Å²) in [5, 5.41) is 5.79. The number of hydrogen-bond donors (Lipinski definition) is 2. The minimum absolute atomic E-state index is 0.0988. The molecule has 68 heavy (non-hydrogen) atoms. The zero-order valence-electron chi connectivity index (χ0n) is 42.2. The summed E-state index contributed by atoms with van der Waals surface area (Å²) in [5.41, 5.74) is 9.77. The number of pyridine rings is 1. The molecular weight excluding hydrogens is 861 g/mol. The Morgan fingerprint density at radius 2 is 1.87 bits per heavy atom. The van der Waals surface area contributed by atoms with Gasteiger partial charge in [-0.15, -0.1) is 0 Å². The van der Waals surface area contributed by atoms with Gasteiger partial charge in [0.05, 0.1) is 48.3 Å². The van der Waals surface area contributed by atoms with Crippen molar-refractivity contribution in [2.75, 3.05) is 73.7 Å². The molecule has 3 amide bonds. The molecule has 1 aromatic carbocycles. The summed E-state index contributed by atoms with van der Waals surface area (Å²) in [6, 6.07) is 9.16. The maximum Gasteiger partial charge on any atom is 0.324 e. The number of cyclic esters (lactones) is 1. The van der Waals surface area contributed by atoms with Crippen molar-refractivity contribution < 1.29 is 33.4 Å². The summed E-state index contributed by atoms with van der Waals surface area (Å²) in [5.74, 6) is 3.93. The van der Waals surface area contributed by atoms with Gasteiger partial charge in [-0.2, -0.15) is 0 Å². The molecule has 368 valence electrons. The van der Waals surface area contributed by atoms with Crippen LogP contribution < -0.4 is 10.7 Å². The zero-order chi connectivity index (χ0) is 49.1. The second-order valence-electron chi connectivity index (χ2n) is 20.9. The SMILES string of the molecule is CCn1c(-c2cccnc2[C@H](C)OC)c2c3cc(ccc31)C1=CCCN(C1)C[C@H](NC(=O)[C@@H](COC1CN(C(=O)C#CC(C)(C)N(C)C)C1)C(C)C)C(=O)N1CCC[C@H](N1)C(=O)OCC(C)(C)C2. The van der Waals surface area contributed by atoms with Gasteiger partial charge >= 0.3 is 5.97 Å². The average Bonchev–Trinajstić information content (AvgIpc) is 3.60. The number of esters is 1. The Kier molecular flexibility index (Phi) is 15.9. The van der Waals surface area contributed by atoms with E-state index in [1.807, 2.05) is 65.9 Å². The first-order valence-corrected chi connectivity index (χ1v) is 24.5. The summed E-state index contributed by atoms with van der Waals surface area (Å²) in [6.07, 6.45) is 6.15. The zero-order valence-corrected chi connectivity index (χ0v) is 42.2. The molecule has 2 aromatic heterocycles. The number of fused-ring (bicyclic) bond motifs is 6. The molecule has 7 rings (SSSR count). The van der Waals surface area contributed by atoms with Crippen molar-refractivity contribution in [3.05, 3.63) is 59.4 Å². The Morgan fingerprint density at radius 3 is 2.57 bits per heavy atom. The Bertz CT molecular complexity index is 2440. The van der Waals surface area contributed by atoms with Crippen LogP contribution in [-0.2, 0) is 46.4 Å². The number of carbonyl (C=O) groups excluding carboxylic acids is 4. The highest BCUT2D eigenvalue weighted by atomic mass is 16.5. The van der Waals surface area contributed by atoms with Gasteiger partial charge in [-0.1, -0.05) is 45.8 Å². The standard InChI is InChI=1S/C53H74N8O7/c1-12-60-45-20-19-36-26-40(45)41(48(60)39-17-13-23-54-47(39)35(4)66-11)27-52(5,6)33-68-51(65)43-18-15-25-61(56-43)50(64)44(31-58-24-14-16-37(36)28-58)55-49(63)42(34(2)3)32-67-38-29-59(30-38)46(62)21-22-53(7,8)57(9)10/h13,16-17,19-20,23,26,34-35,38,42-44,56H,12,14-15,18,24-25,27-33H2,1-11H3,(H,55,63)/t35-,42-,43-,44-/m0/s1. The second kappa shape index (κ2) is 21.3. The van der Waals surface area contributed by atoms with E-state index in [2.05, 4.69) is 83.2 Å². The molecule has 2 saturated heterocycles. The van der Waals surface area contributed by atoms with E-state index in [0.717, 1.165) is 57.5 Å². The Balaban J connectivity index is 1.17. The van der Waals surface area contributed by atoms with Crippen molar-refractivity contribution in [1.29, 1.82) is 0 Å². The monoisotopic (exact) mass is 935 g/mol. The molecule has 2 fully saturated rings. The number of aryl methyl sites for hydroxylation is 1. The molecule has 4 aliphatic rings. The Morgan fingerprint density at radius 1 is 1.10 bits per heavy atom. The van der Waals surface area contributed by atoms with Crippen LogP contribution >= 0.6 is 0 Å². The minimum atomic E-state index is -0.914. The van der Waals surface area contributed by atoms with Gasteiger partial charge in [0.2, 0.25) is 5.91 Å². The molecule has 0 aliphatic carbocycles. The lowest BCUT2D eigenvalue weighted by molar-refractivity contribution is -0.156. The summed E-state index contributed by atoms with van der Waals surface area (Å²) in [6.45, 7) is 20.1. The van der Waals surface area contributed by atoms with E-state index in [1.54, 1.807) is 12.0 Å². The fourth-order valence-electron chi connectivity index (χ4n) is 9.50. The fourth-order valence-corrected chi connectivity index (χ4v) is 9.50. The maximum atomic E-state index is 14.7. The van der Waals surface area contributed by atoms with Crippen LogP contribution in [-0.4, -0.2) is 150 Å². The minimum Gasteiger partial charge on any atom is -0.464 e. The molecule has 15 nitrogen and oxygen atoms in total. The third kappa shape index (κ3) is 11.3. The molecule has 4 aliphatic heterocycles. The number of hydrogen-bond acceptors (Lipinski definition) is 11. The van der Waals surface area contributed by atoms with Crippen molar-refractivity contribution in [3.8, 4) is 23.1 Å². The lowest BCUT2D eigenvalue weighted by atomic mass is 9.84. The highest BCUT2D eigenvalue weighted by Crippen LogP contribution is 2.41. The van der Waals surface area contributed by atoms with Crippen molar-refractivity contribution in [1.82, 2.24) is 40.0 Å². The lowest BCUT2D eigenvalue weighted by Crippen LogP contribution is -2.62. The summed E-state index contributed by atoms with van der Waals surface area (Å²) in [7, 11) is 5.56. The third-order valence-electron chi connectivity index (χ3n) is 14.4. The van der Waals surface area contributed by atoms with Crippen LogP contribution in [0.5, 0.6) is 0 Å². The highest BCUT2D eigenvalue weighted by Gasteiger charge is 2.39. The van der Waals surface area contributed by atoms with Crippen LogP contribution in [0, 0.1) is 29.1 Å². The molecular formula is C53H74N8O7. The number of nitrogens with one attached hydrogen (secondary N) is 2. The van der Waals surface area contributed by atoms with Crippen LogP contribution in [0.1, 0.15) is 97.6 Å². The number of ether oxygens (including phenoxy) is 3. The van der Waals surface area contributed by atoms with Gasteiger partial charge < -0.3 is 29.0 Å². The molecule has 0 saturated carbocycles. The number of likely N-dealkylation sites (tertiary alicyclic amines) is 1. The smallest absolute Gasteiger partial charge is 0.324 e. The lowest BCUT2D eigenvalue weighted by Gasteiger charge is -2.39. The van der Waals surface area contributed by atoms with Gasteiger partial charge in [0.1, 0.15) is 12.1 Å². The molecule has 6 heterocycles. The average molecular weight is 935 g/mol. The van der Waals surface area contributed by atoms with Gasteiger partial charge in [-0.3, -0.25) is 39.0 Å². The van der Waals surface area contributed by atoms with Crippen LogP contribution in [0.3, 0.4) is 0 Å². The summed E-state index contributed by atoms with van der Waals surface area (Å²) < 4.78 is 20.6. The number of methoxy groups -OCH3 is 1. The first-order chi connectivity index (χ1) is 32.3. The summed E-state index contributed by atoms with van der Waals surface area (Å²) in [4.78, 5) is 66.5. The molecule has 1 unspecified atom stereocenters. The van der Waals surface area contributed by atoms with Gasteiger partial charge in [0.15, 0.2) is 0 Å². The van der Waals surface area contributed by atoms with E-state index in [9.17, 15) is 19.2 Å². The number of rotatable bonds is 11. The number of hydrazine groups is 1. The molecule has 0 radical (unpaired) electrons. The second-order valence-corrected chi connectivity index (χ2v) is 20.9. The predicted molar refractivity (Wildman–Crippen MR) is 264 cm³/mol. The van der Waals surface area contributed by atoms with E-state index >= 15 is 0 Å². The summed E-state index contributed by atoms with van der Waals surface area (Å²) >= 11 is 0. The number of nitrogens with zero attached hydrogens (tertiary/aromatic N) is 6. The topological polar surface area (TPSA) is 151 Å². The number of aromatic nitrogens is 2. The van der Waals surface area contributed by atoms with Crippen LogP contribution in [0.2, 0.25) is 0 Å². The van der Waals surface area contributed by atoms with E-state index in [0.29, 0.717) is 52.0 Å². The van der Waals surface area contributed by atoms with Crippen molar-refractivity contribution in [3.63, 3.8) is 0 Å². The van der Waals surface area contributed by atoms with E-state index < -0.39 is 34.9 Å².